The van der Waals surface area contributed by atoms with Gasteiger partial charge in [-0.2, -0.15) is 4.68 Å². The Morgan fingerprint density at radius 3 is 2.76 bits per heavy atom. The molecule has 8 nitrogen and oxygen atoms in total. The first-order valence-electron chi connectivity index (χ1n) is 4.66. The molecular formula is C8H12ClN5O3. The lowest BCUT2D eigenvalue weighted by Crippen LogP contribution is -2.43. The van der Waals surface area contributed by atoms with E-state index in [9.17, 15) is 14.9 Å². The standard InChI is InChI=1S/C8H12ClN5O3/c1-8(2,7(15)11-10)4-13-3-5(9)6(12-13)14(16)17/h3H,4,10H2,1-2H3,(H,11,15). The summed E-state index contributed by atoms with van der Waals surface area (Å²) in [7, 11) is 0. The third-order valence-electron chi connectivity index (χ3n) is 2.18. The zero-order valence-corrected chi connectivity index (χ0v) is 10.1. The van der Waals surface area contributed by atoms with Crippen LogP contribution in [0.1, 0.15) is 13.8 Å². The number of hydrogen-bond acceptors (Lipinski definition) is 5. The number of hydrazine groups is 1. The van der Waals surface area contributed by atoms with Gasteiger partial charge < -0.3 is 10.1 Å². The van der Waals surface area contributed by atoms with Gasteiger partial charge in [0.15, 0.2) is 5.02 Å². The van der Waals surface area contributed by atoms with Crippen molar-refractivity contribution in [3.63, 3.8) is 0 Å². The molecule has 1 aromatic rings. The molecule has 94 valence electrons. The molecule has 0 fully saturated rings. The number of carbonyl (C=O) groups is 1. The van der Waals surface area contributed by atoms with E-state index in [1.165, 1.54) is 10.9 Å². The normalized spacial score (nSPS) is 11.3. The lowest BCUT2D eigenvalue weighted by atomic mass is 9.93. The molecule has 0 aliphatic heterocycles. The summed E-state index contributed by atoms with van der Waals surface area (Å²) in [5, 5.41) is 14.1. The fraction of sp³-hybridized carbons (Fsp3) is 0.500. The second kappa shape index (κ2) is 4.68. The Hall–Kier alpha value is -1.67. The minimum atomic E-state index is -0.849. The second-order valence-corrected chi connectivity index (χ2v) is 4.52. The van der Waals surface area contributed by atoms with Crippen molar-refractivity contribution in [3.05, 3.63) is 21.3 Å². The number of hydrogen-bond donors (Lipinski definition) is 2. The van der Waals surface area contributed by atoms with E-state index in [1.54, 1.807) is 13.8 Å². The lowest BCUT2D eigenvalue weighted by Gasteiger charge is -2.20. The molecule has 1 rings (SSSR count). The fourth-order valence-corrected chi connectivity index (χ4v) is 1.48. The van der Waals surface area contributed by atoms with Crippen molar-refractivity contribution in [2.24, 2.45) is 11.3 Å². The molecule has 0 bridgehead atoms. The quantitative estimate of drug-likeness (QED) is 0.353. The summed E-state index contributed by atoms with van der Waals surface area (Å²) in [6.45, 7) is 3.40. The van der Waals surface area contributed by atoms with Crippen LogP contribution in [0.5, 0.6) is 0 Å². The number of nitro groups is 1. The predicted octanol–water partition coefficient (Wildman–Crippen LogP) is 0.461. The summed E-state index contributed by atoms with van der Waals surface area (Å²) in [5.74, 6) is 4.20. The number of amides is 1. The summed E-state index contributed by atoms with van der Waals surface area (Å²) < 4.78 is 1.25. The van der Waals surface area contributed by atoms with Crippen LogP contribution in [0.15, 0.2) is 6.20 Å². The van der Waals surface area contributed by atoms with Crippen LogP contribution in [-0.4, -0.2) is 20.6 Å². The molecule has 0 saturated carbocycles. The maximum Gasteiger partial charge on any atom is 0.408 e. The van der Waals surface area contributed by atoms with E-state index < -0.39 is 22.1 Å². The van der Waals surface area contributed by atoms with Crippen molar-refractivity contribution >= 4 is 23.3 Å². The molecule has 0 aromatic carbocycles. The minimum absolute atomic E-state index is 0.0704. The molecule has 0 unspecified atom stereocenters. The van der Waals surface area contributed by atoms with Crippen molar-refractivity contribution in [3.8, 4) is 0 Å². The summed E-state index contributed by atoms with van der Waals surface area (Å²) in [6, 6.07) is 0. The van der Waals surface area contributed by atoms with Gasteiger partial charge in [0.2, 0.25) is 5.91 Å². The van der Waals surface area contributed by atoms with Gasteiger partial charge in [-0.15, -0.1) is 0 Å². The molecule has 0 atom stereocenters. The number of nitrogens with zero attached hydrogens (tertiary/aromatic N) is 3. The predicted molar refractivity (Wildman–Crippen MR) is 60.0 cm³/mol. The van der Waals surface area contributed by atoms with E-state index in [0.29, 0.717) is 0 Å². The second-order valence-electron chi connectivity index (χ2n) is 4.11. The van der Waals surface area contributed by atoms with Crippen LogP contribution in [-0.2, 0) is 11.3 Å². The van der Waals surface area contributed by atoms with Crippen LogP contribution < -0.4 is 11.3 Å². The van der Waals surface area contributed by atoms with Crippen molar-refractivity contribution in [1.82, 2.24) is 15.2 Å². The smallest absolute Gasteiger partial charge is 0.358 e. The summed E-state index contributed by atoms with van der Waals surface area (Å²) in [4.78, 5) is 21.3. The third kappa shape index (κ3) is 2.92. The zero-order chi connectivity index (χ0) is 13.2. The summed E-state index contributed by atoms with van der Waals surface area (Å²) >= 11 is 5.63. The van der Waals surface area contributed by atoms with E-state index in [0.717, 1.165) is 0 Å². The van der Waals surface area contributed by atoms with Crippen LogP contribution in [0.2, 0.25) is 5.02 Å². The van der Waals surface area contributed by atoms with E-state index in [2.05, 4.69) is 5.10 Å². The van der Waals surface area contributed by atoms with Crippen molar-refractivity contribution in [2.45, 2.75) is 20.4 Å². The molecule has 0 aliphatic rings. The monoisotopic (exact) mass is 261 g/mol. The Morgan fingerprint density at radius 1 is 1.76 bits per heavy atom. The molecule has 0 radical (unpaired) electrons. The van der Waals surface area contributed by atoms with Crippen molar-refractivity contribution < 1.29 is 9.72 Å². The zero-order valence-electron chi connectivity index (χ0n) is 9.31. The van der Waals surface area contributed by atoms with E-state index in [4.69, 9.17) is 17.4 Å². The van der Waals surface area contributed by atoms with E-state index in [1.807, 2.05) is 5.43 Å². The number of carbonyl (C=O) groups excluding carboxylic acids is 1. The van der Waals surface area contributed by atoms with Crippen LogP contribution in [0.3, 0.4) is 0 Å². The first-order chi connectivity index (χ1) is 7.77. The number of aromatic nitrogens is 2. The first-order valence-corrected chi connectivity index (χ1v) is 5.04. The van der Waals surface area contributed by atoms with Crippen LogP contribution in [0.25, 0.3) is 0 Å². The van der Waals surface area contributed by atoms with Gasteiger partial charge in [0, 0.05) is 0 Å². The van der Waals surface area contributed by atoms with Gasteiger partial charge in [-0.1, -0.05) is 11.6 Å². The average molecular weight is 262 g/mol. The van der Waals surface area contributed by atoms with Gasteiger partial charge in [0.1, 0.15) is 0 Å². The molecule has 9 heteroatoms. The number of nitrogens with one attached hydrogen (secondary N) is 1. The molecule has 1 heterocycles. The first kappa shape index (κ1) is 13.4. The van der Waals surface area contributed by atoms with Gasteiger partial charge in [0.05, 0.1) is 23.3 Å². The molecule has 3 N–H and O–H groups in total. The summed E-state index contributed by atoms with van der Waals surface area (Å²) in [5.41, 5.74) is 1.17. The Labute approximate surface area is 102 Å². The Kier molecular flexibility index (Phi) is 3.69. The molecule has 1 amide bonds. The van der Waals surface area contributed by atoms with Crippen molar-refractivity contribution in [1.29, 1.82) is 0 Å². The Morgan fingerprint density at radius 2 is 2.35 bits per heavy atom. The van der Waals surface area contributed by atoms with Crippen LogP contribution in [0.4, 0.5) is 5.82 Å². The van der Waals surface area contributed by atoms with Crippen molar-refractivity contribution in [2.75, 3.05) is 0 Å². The molecule has 0 aliphatic carbocycles. The molecule has 0 saturated heterocycles. The van der Waals surface area contributed by atoms with E-state index in [-0.39, 0.29) is 11.6 Å². The van der Waals surface area contributed by atoms with Gasteiger partial charge in [-0.3, -0.25) is 10.2 Å². The maximum absolute atomic E-state index is 11.4. The molecule has 17 heavy (non-hydrogen) atoms. The number of rotatable bonds is 4. The van der Waals surface area contributed by atoms with Crippen LogP contribution >= 0.6 is 11.6 Å². The maximum atomic E-state index is 11.4. The molecular weight excluding hydrogens is 250 g/mol. The van der Waals surface area contributed by atoms with Gasteiger partial charge in [0.25, 0.3) is 0 Å². The highest BCUT2D eigenvalue weighted by Gasteiger charge is 2.30. The molecule has 0 spiro atoms. The minimum Gasteiger partial charge on any atom is -0.358 e. The Balaban J connectivity index is 2.93. The average Bonchev–Trinajstić information content (AvgIpc) is 2.57. The Bertz CT molecular complexity index is 456. The highest BCUT2D eigenvalue weighted by atomic mass is 35.5. The molecule has 1 aromatic heterocycles. The van der Waals surface area contributed by atoms with Gasteiger partial charge >= 0.3 is 5.82 Å². The third-order valence-corrected chi connectivity index (χ3v) is 2.44. The summed E-state index contributed by atoms with van der Waals surface area (Å²) in [6.07, 6.45) is 1.30. The van der Waals surface area contributed by atoms with Gasteiger partial charge in [-0.25, -0.2) is 5.84 Å². The number of nitrogens with two attached hydrogens (primary N) is 1. The largest absolute Gasteiger partial charge is 0.408 e. The van der Waals surface area contributed by atoms with E-state index >= 15 is 0 Å². The number of halogens is 1. The SMILES string of the molecule is CC(C)(Cn1cc(Cl)c([N+](=O)[O-])n1)C(=O)NN. The topological polar surface area (TPSA) is 116 Å². The van der Waals surface area contributed by atoms with Crippen LogP contribution in [0, 0.1) is 15.5 Å². The highest BCUT2D eigenvalue weighted by Crippen LogP contribution is 2.24. The fourth-order valence-electron chi connectivity index (χ4n) is 1.26. The highest BCUT2D eigenvalue weighted by molar-refractivity contribution is 6.32. The van der Waals surface area contributed by atoms with Gasteiger partial charge in [-0.05, 0) is 18.8 Å². The lowest BCUT2D eigenvalue weighted by molar-refractivity contribution is -0.389.